The van der Waals surface area contributed by atoms with E-state index in [0.717, 1.165) is 18.2 Å². The molecule has 18 heavy (non-hydrogen) atoms. The van der Waals surface area contributed by atoms with Gasteiger partial charge in [-0.05, 0) is 30.7 Å². The summed E-state index contributed by atoms with van der Waals surface area (Å²) < 4.78 is 13.4. The molecule has 2 N–H and O–H groups in total. The van der Waals surface area contributed by atoms with Gasteiger partial charge in [-0.25, -0.2) is 4.39 Å². The molecule has 0 aromatic heterocycles. The average molecular weight is 269 g/mol. The van der Waals surface area contributed by atoms with Gasteiger partial charge in [0, 0.05) is 17.9 Å². The zero-order chi connectivity index (χ0) is 13.0. The zero-order valence-electron chi connectivity index (χ0n) is 9.99. The van der Waals surface area contributed by atoms with Crippen LogP contribution in [0.3, 0.4) is 0 Å². The van der Waals surface area contributed by atoms with Gasteiger partial charge in [0.15, 0.2) is 0 Å². The number of benzene rings is 1. The molecule has 1 aromatic rings. The molecule has 1 aliphatic heterocycles. The molecular weight excluding hydrogens is 253 g/mol. The fraction of sp³-hybridized carbons (Fsp3) is 0.462. The zero-order valence-corrected chi connectivity index (χ0v) is 10.8. The van der Waals surface area contributed by atoms with E-state index in [-0.39, 0.29) is 11.3 Å². The molecule has 98 valence electrons. The predicted octanol–water partition coefficient (Wildman–Crippen LogP) is 2.55. The number of halogens is 1. The first-order valence-corrected chi connectivity index (χ1v) is 7.10. The molecule has 1 heterocycles. The summed E-state index contributed by atoms with van der Waals surface area (Å²) in [4.78, 5) is 11.8. The van der Waals surface area contributed by atoms with Crippen molar-refractivity contribution in [2.45, 2.75) is 24.5 Å². The van der Waals surface area contributed by atoms with Crippen LogP contribution >= 0.6 is 11.8 Å². The van der Waals surface area contributed by atoms with Crippen LogP contribution in [0.1, 0.15) is 29.6 Å². The third-order valence-corrected chi connectivity index (χ3v) is 4.36. The smallest absolute Gasteiger partial charge is 0.254 e. The molecule has 2 rings (SSSR count). The maximum atomic E-state index is 13.4. The van der Waals surface area contributed by atoms with Crippen molar-refractivity contribution in [1.82, 2.24) is 5.32 Å². The SMILES string of the molecule is O=C(NCC1CCCCS1)c1ccc(O)cc1F. The van der Waals surface area contributed by atoms with Gasteiger partial charge < -0.3 is 10.4 Å². The van der Waals surface area contributed by atoms with Crippen molar-refractivity contribution in [3.63, 3.8) is 0 Å². The lowest BCUT2D eigenvalue weighted by atomic mass is 10.1. The van der Waals surface area contributed by atoms with Crippen molar-refractivity contribution in [2.75, 3.05) is 12.3 Å². The highest BCUT2D eigenvalue weighted by molar-refractivity contribution is 7.99. The maximum Gasteiger partial charge on any atom is 0.254 e. The first-order chi connectivity index (χ1) is 8.66. The summed E-state index contributed by atoms with van der Waals surface area (Å²) in [6, 6.07) is 3.56. The Kier molecular flexibility index (Phi) is 4.47. The maximum absolute atomic E-state index is 13.4. The van der Waals surface area contributed by atoms with E-state index in [0.29, 0.717) is 11.8 Å². The summed E-state index contributed by atoms with van der Waals surface area (Å²) in [6.07, 6.45) is 3.53. The molecule has 1 atom stereocenters. The van der Waals surface area contributed by atoms with Crippen LogP contribution < -0.4 is 5.32 Å². The minimum absolute atomic E-state index is 0.0198. The topological polar surface area (TPSA) is 49.3 Å². The summed E-state index contributed by atoms with van der Waals surface area (Å²) in [5.41, 5.74) is -0.0198. The fourth-order valence-corrected chi connectivity index (χ4v) is 3.20. The number of thioether (sulfide) groups is 1. The van der Waals surface area contributed by atoms with Crippen molar-refractivity contribution < 1.29 is 14.3 Å². The highest BCUT2D eigenvalue weighted by Gasteiger charge is 2.17. The van der Waals surface area contributed by atoms with E-state index in [1.165, 1.54) is 25.0 Å². The van der Waals surface area contributed by atoms with Crippen LogP contribution in [0.5, 0.6) is 5.75 Å². The van der Waals surface area contributed by atoms with Crippen LogP contribution in [0.25, 0.3) is 0 Å². The molecule has 1 unspecified atom stereocenters. The molecule has 1 aliphatic rings. The Labute approximate surface area is 110 Å². The Morgan fingerprint density at radius 1 is 1.50 bits per heavy atom. The summed E-state index contributed by atoms with van der Waals surface area (Å²) in [7, 11) is 0. The predicted molar refractivity (Wildman–Crippen MR) is 70.5 cm³/mol. The molecule has 3 nitrogen and oxygen atoms in total. The van der Waals surface area contributed by atoms with Crippen LogP contribution in [0, 0.1) is 5.82 Å². The van der Waals surface area contributed by atoms with Crippen molar-refractivity contribution in [3.05, 3.63) is 29.6 Å². The number of carbonyl (C=O) groups is 1. The lowest BCUT2D eigenvalue weighted by Gasteiger charge is -2.21. The van der Waals surface area contributed by atoms with Crippen molar-refractivity contribution >= 4 is 17.7 Å². The highest BCUT2D eigenvalue weighted by atomic mass is 32.2. The minimum atomic E-state index is -0.691. The van der Waals surface area contributed by atoms with Gasteiger partial charge in [0.25, 0.3) is 5.91 Å². The monoisotopic (exact) mass is 269 g/mol. The normalized spacial score (nSPS) is 19.5. The van der Waals surface area contributed by atoms with Gasteiger partial charge in [-0.15, -0.1) is 0 Å². The lowest BCUT2D eigenvalue weighted by Crippen LogP contribution is -2.32. The van der Waals surface area contributed by atoms with E-state index in [2.05, 4.69) is 5.32 Å². The number of hydrogen-bond donors (Lipinski definition) is 2. The van der Waals surface area contributed by atoms with Crippen molar-refractivity contribution in [3.8, 4) is 5.75 Å². The number of phenols is 1. The molecule has 0 aliphatic carbocycles. The van der Waals surface area contributed by atoms with Gasteiger partial charge in [0.2, 0.25) is 0 Å². The van der Waals surface area contributed by atoms with Gasteiger partial charge in [0.05, 0.1) is 5.56 Å². The molecular formula is C13H16FNO2S. The summed E-state index contributed by atoms with van der Waals surface area (Å²) in [6.45, 7) is 0.573. The number of nitrogens with one attached hydrogen (secondary N) is 1. The van der Waals surface area contributed by atoms with Crippen LogP contribution in [0.2, 0.25) is 0 Å². The van der Waals surface area contributed by atoms with E-state index in [4.69, 9.17) is 5.11 Å². The van der Waals surface area contributed by atoms with E-state index in [9.17, 15) is 9.18 Å². The molecule has 5 heteroatoms. The highest BCUT2D eigenvalue weighted by Crippen LogP contribution is 2.24. The molecule has 0 spiro atoms. The molecule has 1 fully saturated rings. The first-order valence-electron chi connectivity index (χ1n) is 6.05. The van der Waals surface area contributed by atoms with Crippen LogP contribution in [-0.2, 0) is 0 Å². The van der Waals surface area contributed by atoms with Crippen LogP contribution in [-0.4, -0.2) is 28.6 Å². The number of amides is 1. The summed E-state index contributed by atoms with van der Waals surface area (Å²) in [5, 5.41) is 12.3. The summed E-state index contributed by atoms with van der Waals surface area (Å²) in [5.74, 6) is -0.150. The largest absolute Gasteiger partial charge is 0.508 e. The van der Waals surface area contributed by atoms with Crippen LogP contribution in [0.4, 0.5) is 4.39 Å². The third-order valence-electron chi connectivity index (χ3n) is 2.96. The minimum Gasteiger partial charge on any atom is -0.508 e. The molecule has 0 radical (unpaired) electrons. The molecule has 0 bridgehead atoms. The Balaban J connectivity index is 1.90. The fourth-order valence-electron chi connectivity index (χ4n) is 1.96. The Hall–Kier alpha value is -1.23. The lowest BCUT2D eigenvalue weighted by molar-refractivity contribution is 0.0949. The van der Waals surface area contributed by atoms with Gasteiger partial charge >= 0.3 is 0 Å². The van der Waals surface area contributed by atoms with Crippen LogP contribution in [0.15, 0.2) is 18.2 Å². The van der Waals surface area contributed by atoms with E-state index < -0.39 is 11.7 Å². The second-order valence-electron chi connectivity index (χ2n) is 4.36. The standard InChI is InChI=1S/C13H16FNO2S/c14-12-7-9(16)4-5-11(12)13(17)15-8-10-3-1-2-6-18-10/h4-5,7,10,16H,1-3,6,8H2,(H,15,17). The number of rotatable bonds is 3. The van der Waals surface area contributed by atoms with Gasteiger partial charge in [-0.2, -0.15) is 11.8 Å². The number of aromatic hydroxyl groups is 1. The Morgan fingerprint density at radius 3 is 3.00 bits per heavy atom. The Morgan fingerprint density at radius 2 is 2.33 bits per heavy atom. The quantitative estimate of drug-likeness (QED) is 0.886. The molecule has 0 saturated carbocycles. The van der Waals surface area contributed by atoms with Gasteiger partial charge in [0.1, 0.15) is 11.6 Å². The molecule has 1 amide bonds. The first kappa shape index (κ1) is 13.2. The van der Waals surface area contributed by atoms with E-state index in [1.807, 2.05) is 11.8 Å². The number of hydrogen-bond acceptors (Lipinski definition) is 3. The molecule has 1 saturated heterocycles. The van der Waals surface area contributed by atoms with E-state index in [1.54, 1.807) is 0 Å². The second kappa shape index (κ2) is 6.09. The number of phenolic OH excluding ortho intramolecular Hbond substituents is 1. The third kappa shape index (κ3) is 3.38. The van der Waals surface area contributed by atoms with E-state index >= 15 is 0 Å². The average Bonchev–Trinajstić information content (AvgIpc) is 2.37. The Bertz CT molecular complexity index is 433. The van der Waals surface area contributed by atoms with Crippen molar-refractivity contribution in [2.24, 2.45) is 0 Å². The van der Waals surface area contributed by atoms with Gasteiger partial charge in [-0.3, -0.25) is 4.79 Å². The van der Waals surface area contributed by atoms with Crippen molar-refractivity contribution in [1.29, 1.82) is 0 Å². The summed E-state index contributed by atoms with van der Waals surface area (Å²) >= 11 is 1.86. The second-order valence-corrected chi connectivity index (χ2v) is 5.77. The number of carbonyl (C=O) groups excluding carboxylic acids is 1. The van der Waals surface area contributed by atoms with Gasteiger partial charge in [-0.1, -0.05) is 6.42 Å². The molecule has 1 aromatic carbocycles.